The molecular weight excluding hydrogens is 234 g/mol. The Hall–Kier alpha value is -1.63. The number of aliphatic hydroxyl groups is 2. The lowest BCUT2D eigenvalue weighted by Crippen LogP contribution is -2.37. The molecule has 1 rings (SSSR count). The van der Waals surface area contributed by atoms with Gasteiger partial charge in [-0.2, -0.15) is 0 Å². The number of carbonyl (C=O) groups is 1. The maximum absolute atomic E-state index is 11.8. The highest BCUT2D eigenvalue weighted by atomic mass is 16.3. The van der Waals surface area contributed by atoms with E-state index in [1.165, 1.54) is 0 Å². The third-order valence-electron chi connectivity index (χ3n) is 2.43. The highest BCUT2D eigenvalue weighted by Crippen LogP contribution is 2.16. The molecule has 100 valence electrons. The molecule has 1 aromatic rings. The summed E-state index contributed by atoms with van der Waals surface area (Å²) < 4.78 is 0. The van der Waals surface area contributed by atoms with Crippen molar-refractivity contribution in [2.45, 2.75) is 0 Å². The number of anilines is 2. The zero-order valence-electron chi connectivity index (χ0n) is 10.2. The number of aliphatic hydroxyl groups excluding tert-OH is 2. The summed E-state index contributed by atoms with van der Waals surface area (Å²) in [7, 11) is 0. The van der Waals surface area contributed by atoms with Gasteiger partial charge in [-0.25, -0.2) is 0 Å². The van der Waals surface area contributed by atoms with E-state index in [-0.39, 0.29) is 25.7 Å². The Kier molecular flexibility index (Phi) is 6.13. The molecule has 0 aliphatic carbocycles. The molecule has 0 fully saturated rings. The molecule has 0 spiro atoms. The second-order valence-corrected chi connectivity index (χ2v) is 3.86. The van der Waals surface area contributed by atoms with Crippen LogP contribution in [0.4, 0.5) is 11.4 Å². The predicted molar refractivity (Wildman–Crippen MR) is 70.1 cm³/mol. The number of hydrogen-bond donors (Lipinski definition) is 4. The molecule has 18 heavy (non-hydrogen) atoms. The van der Waals surface area contributed by atoms with Gasteiger partial charge in [-0.1, -0.05) is 12.1 Å². The number of nitrogen functional groups attached to an aromatic ring is 1. The molecule has 0 heterocycles. The number of nitrogens with zero attached hydrogens (tertiary/aromatic N) is 1. The number of para-hydroxylation sites is 2. The zero-order valence-corrected chi connectivity index (χ0v) is 10.2. The molecule has 0 aliphatic rings. The Labute approximate surface area is 106 Å². The van der Waals surface area contributed by atoms with Crippen LogP contribution in [0, 0.1) is 0 Å². The van der Waals surface area contributed by atoms with Crippen molar-refractivity contribution in [1.29, 1.82) is 0 Å². The maximum Gasteiger partial charge on any atom is 0.238 e. The lowest BCUT2D eigenvalue weighted by Gasteiger charge is -2.19. The Balaban J connectivity index is 2.52. The van der Waals surface area contributed by atoms with Crippen molar-refractivity contribution < 1.29 is 15.0 Å². The lowest BCUT2D eigenvalue weighted by molar-refractivity contribution is -0.117. The first-order valence-corrected chi connectivity index (χ1v) is 5.75. The van der Waals surface area contributed by atoms with Crippen molar-refractivity contribution >= 4 is 17.3 Å². The molecule has 1 aromatic carbocycles. The number of nitrogens with two attached hydrogens (primary N) is 1. The third kappa shape index (κ3) is 4.70. The Morgan fingerprint density at radius 1 is 1.22 bits per heavy atom. The lowest BCUT2D eigenvalue weighted by atomic mass is 10.2. The second kappa shape index (κ2) is 7.65. The van der Waals surface area contributed by atoms with Gasteiger partial charge in [-0.15, -0.1) is 0 Å². The topological polar surface area (TPSA) is 98.8 Å². The molecular formula is C12H19N3O3. The summed E-state index contributed by atoms with van der Waals surface area (Å²) in [5.41, 5.74) is 6.78. The van der Waals surface area contributed by atoms with Crippen molar-refractivity contribution in [1.82, 2.24) is 4.90 Å². The van der Waals surface area contributed by atoms with Gasteiger partial charge >= 0.3 is 0 Å². The molecule has 0 bridgehead atoms. The fourth-order valence-electron chi connectivity index (χ4n) is 1.56. The molecule has 1 amide bonds. The minimum Gasteiger partial charge on any atom is -0.397 e. The second-order valence-electron chi connectivity index (χ2n) is 3.86. The van der Waals surface area contributed by atoms with Crippen molar-refractivity contribution in [3.05, 3.63) is 24.3 Å². The molecule has 0 unspecified atom stereocenters. The van der Waals surface area contributed by atoms with E-state index >= 15 is 0 Å². The summed E-state index contributed by atoms with van der Waals surface area (Å²) >= 11 is 0. The standard InChI is InChI=1S/C12H19N3O3/c13-10-3-1-2-4-11(10)14-12(18)9-15(5-7-16)6-8-17/h1-4,16-17H,5-9,13H2,(H,14,18). The number of hydrogen-bond acceptors (Lipinski definition) is 5. The summed E-state index contributed by atoms with van der Waals surface area (Å²) in [6, 6.07) is 6.99. The van der Waals surface area contributed by atoms with Crippen LogP contribution >= 0.6 is 0 Å². The minimum atomic E-state index is -0.227. The fourth-order valence-corrected chi connectivity index (χ4v) is 1.56. The normalized spacial score (nSPS) is 10.6. The fraction of sp³-hybridized carbons (Fsp3) is 0.417. The molecule has 6 heteroatoms. The van der Waals surface area contributed by atoms with Crippen LogP contribution in [0.15, 0.2) is 24.3 Å². The Morgan fingerprint density at radius 2 is 1.83 bits per heavy atom. The molecule has 0 aliphatic heterocycles. The Morgan fingerprint density at radius 3 is 2.39 bits per heavy atom. The van der Waals surface area contributed by atoms with Crippen molar-refractivity contribution in [2.75, 3.05) is 43.9 Å². The summed E-state index contributed by atoms with van der Waals surface area (Å²) in [6.07, 6.45) is 0. The van der Waals surface area contributed by atoms with Crippen molar-refractivity contribution in [3.63, 3.8) is 0 Å². The van der Waals surface area contributed by atoms with Crippen LogP contribution in [0.25, 0.3) is 0 Å². The van der Waals surface area contributed by atoms with Gasteiger partial charge in [0.2, 0.25) is 5.91 Å². The Bertz CT molecular complexity index is 379. The molecule has 5 N–H and O–H groups in total. The number of nitrogens with one attached hydrogen (secondary N) is 1. The van der Waals surface area contributed by atoms with E-state index in [1.54, 1.807) is 29.2 Å². The average molecular weight is 253 g/mol. The van der Waals surface area contributed by atoms with Gasteiger partial charge in [0.05, 0.1) is 31.1 Å². The first-order valence-electron chi connectivity index (χ1n) is 5.75. The smallest absolute Gasteiger partial charge is 0.238 e. The van der Waals surface area contributed by atoms with E-state index < -0.39 is 0 Å². The van der Waals surface area contributed by atoms with Gasteiger partial charge in [-0.3, -0.25) is 9.69 Å². The van der Waals surface area contributed by atoms with Crippen LogP contribution in [-0.4, -0.2) is 53.9 Å². The number of rotatable bonds is 7. The van der Waals surface area contributed by atoms with Gasteiger partial charge in [-0.05, 0) is 12.1 Å². The van der Waals surface area contributed by atoms with Gasteiger partial charge in [0.1, 0.15) is 0 Å². The molecule has 6 nitrogen and oxygen atoms in total. The van der Waals surface area contributed by atoms with Crippen LogP contribution in [0.5, 0.6) is 0 Å². The largest absolute Gasteiger partial charge is 0.397 e. The molecule has 0 saturated heterocycles. The molecule has 0 atom stereocenters. The van der Waals surface area contributed by atoms with Gasteiger partial charge in [0, 0.05) is 13.1 Å². The van der Waals surface area contributed by atoms with Crippen LogP contribution in [0.3, 0.4) is 0 Å². The van der Waals surface area contributed by atoms with Crippen LogP contribution in [-0.2, 0) is 4.79 Å². The summed E-state index contributed by atoms with van der Waals surface area (Å²) in [5.74, 6) is -0.227. The van der Waals surface area contributed by atoms with Crippen molar-refractivity contribution in [3.8, 4) is 0 Å². The zero-order chi connectivity index (χ0) is 13.4. The van der Waals surface area contributed by atoms with E-state index in [0.717, 1.165) is 0 Å². The summed E-state index contributed by atoms with van der Waals surface area (Å²) in [4.78, 5) is 13.4. The van der Waals surface area contributed by atoms with Crippen molar-refractivity contribution in [2.24, 2.45) is 0 Å². The van der Waals surface area contributed by atoms with E-state index in [4.69, 9.17) is 15.9 Å². The van der Waals surface area contributed by atoms with E-state index in [0.29, 0.717) is 24.5 Å². The molecule has 0 aromatic heterocycles. The van der Waals surface area contributed by atoms with E-state index in [9.17, 15) is 4.79 Å². The summed E-state index contributed by atoms with van der Waals surface area (Å²) in [5, 5.41) is 20.4. The highest BCUT2D eigenvalue weighted by molar-refractivity contribution is 5.95. The minimum absolute atomic E-state index is 0.0548. The first-order chi connectivity index (χ1) is 8.67. The van der Waals surface area contributed by atoms with Gasteiger partial charge in [0.15, 0.2) is 0 Å². The SMILES string of the molecule is Nc1ccccc1NC(=O)CN(CCO)CCO. The highest BCUT2D eigenvalue weighted by Gasteiger charge is 2.10. The monoisotopic (exact) mass is 253 g/mol. The number of amides is 1. The van der Waals surface area contributed by atoms with Crippen LogP contribution in [0.1, 0.15) is 0 Å². The molecule has 0 radical (unpaired) electrons. The van der Waals surface area contributed by atoms with Gasteiger partial charge < -0.3 is 21.3 Å². The predicted octanol–water partition coefficient (Wildman–Crippen LogP) is -0.506. The van der Waals surface area contributed by atoms with Gasteiger partial charge in [0.25, 0.3) is 0 Å². The van der Waals surface area contributed by atoms with Crippen LogP contribution < -0.4 is 11.1 Å². The first kappa shape index (κ1) is 14.4. The molecule has 0 saturated carbocycles. The average Bonchev–Trinajstić information content (AvgIpc) is 2.33. The van der Waals surface area contributed by atoms with Crippen LogP contribution in [0.2, 0.25) is 0 Å². The van der Waals surface area contributed by atoms with E-state index in [2.05, 4.69) is 5.32 Å². The maximum atomic E-state index is 11.8. The van der Waals surface area contributed by atoms with E-state index in [1.807, 2.05) is 0 Å². The number of benzene rings is 1. The number of carbonyl (C=O) groups excluding carboxylic acids is 1. The quantitative estimate of drug-likeness (QED) is 0.491. The third-order valence-corrected chi connectivity index (χ3v) is 2.43. The summed E-state index contributed by atoms with van der Waals surface area (Å²) in [6.45, 7) is 0.688.